The number of rotatable bonds is 4. The molecule has 0 heterocycles. The topological polar surface area (TPSA) is 59.1 Å². The fraction of sp³-hybridized carbons (Fsp3) is 0.0714. The zero-order valence-corrected chi connectivity index (χ0v) is 9.99. The van der Waals surface area contributed by atoms with Gasteiger partial charge in [0.1, 0.15) is 29.8 Å². The summed E-state index contributed by atoms with van der Waals surface area (Å²) in [4.78, 5) is 0. The fourth-order valence-electron chi connectivity index (χ4n) is 1.53. The van der Waals surface area contributed by atoms with Crippen LogP contribution in [0.1, 0.15) is 11.1 Å². The molecule has 0 radical (unpaired) electrons. The number of ether oxygens (including phenoxy) is 1. The van der Waals surface area contributed by atoms with Gasteiger partial charge in [-0.05, 0) is 36.4 Å². The number of nitrogen functional groups attached to an aromatic ring is 1. The van der Waals surface area contributed by atoms with E-state index in [4.69, 9.17) is 15.9 Å². The zero-order valence-electron chi connectivity index (χ0n) is 9.99. The van der Waals surface area contributed by atoms with Gasteiger partial charge in [0.2, 0.25) is 0 Å². The Balaban J connectivity index is 2.04. The third-order valence-electron chi connectivity index (χ3n) is 2.57. The second-order valence-corrected chi connectivity index (χ2v) is 3.96. The van der Waals surface area contributed by atoms with Crippen LogP contribution in [0.15, 0.2) is 42.5 Å². The highest BCUT2D eigenvalue weighted by Gasteiger charge is 2.05. The minimum Gasteiger partial charge on any atom is -0.489 e. The number of hydrogen-bond donors (Lipinski definition) is 2. The summed E-state index contributed by atoms with van der Waals surface area (Å²) < 4.78 is 31.5. The molecule has 0 aliphatic carbocycles. The van der Waals surface area contributed by atoms with Crippen LogP contribution >= 0.6 is 0 Å². The summed E-state index contributed by atoms with van der Waals surface area (Å²) in [5.74, 6) is -0.766. The molecule has 5 heteroatoms. The average Bonchev–Trinajstić information content (AvgIpc) is 2.38. The van der Waals surface area contributed by atoms with Crippen molar-refractivity contribution >= 4 is 5.84 Å². The highest BCUT2D eigenvalue weighted by Crippen LogP contribution is 2.16. The van der Waals surface area contributed by atoms with Gasteiger partial charge in [0.15, 0.2) is 0 Å². The van der Waals surface area contributed by atoms with Crippen LogP contribution in [0.2, 0.25) is 0 Å². The largest absolute Gasteiger partial charge is 0.489 e. The maximum Gasteiger partial charge on any atom is 0.132 e. The summed E-state index contributed by atoms with van der Waals surface area (Å²) in [5, 5.41) is 7.24. The van der Waals surface area contributed by atoms with E-state index in [2.05, 4.69) is 0 Å². The Labute approximate surface area is 109 Å². The first kappa shape index (κ1) is 13.0. The molecule has 98 valence electrons. The van der Waals surface area contributed by atoms with Gasteiger partial charge in [-0.25, -0.2) is 8.78 Å². The second-order valence-electron chi connectivity index (χ2n) is 3.96. The first-order valence-electron chi connectivity index (χ1n) is 5.57. The first-order chi connectivity index (χ1) is 9.06. The van der Waals surface area contributed by atoms with Crippen LogP contribution in [0.25, 0.3) is 0 Å². The van der Waals surface area contributed by atoms with Gasteiger partial charge in [0.25, 0.3) is 0 Å². The molecule has 0 aromatic heterocycles. The van der Waals surface area contributed by atoms with Crippen molar-refractivity contribution in [3.63, 3.8) is 0 Å². The van der Waals surface area contributed by atoms with Crippen molar-refractivity contribution in [1.82, 2.24) is 0 Å². The molecular weight excluding hydrogens is 250 g/mol. The van der Waals surface area contributed by atoms with E-state index in [1.807, 2.05) is 0 Å². The third kappa shape index (κ3) is 3.28. The van der Waals surface area contributed by atoms with Gasteiger partial charge in [-0.1, -0.05) is 0 Å². The third-order valence-corrected chi connectivity index (χ3v) is 2.57. The van der Waals surface area contributed by atoms with E-state index >= 15 is 0 Å². The summed E-state index contributed by atoms with van der Waals surface area (Å²) >= 11 is 0. The summed E-state index contributed by atoms with van der Waals surface area (Å²) in [6.07, 6.45) is 0. The lowest BCUT2D eigenvalue weighted by atomic mass is 10.2. The molecule has 0 saturated heterocycles. The Bertz CT molecular complexity index is 597. The van der Waals surface area contributed by atoms with E-state index in [-0.39, 0.29) is 18.0 Å². The molecular formula is C14H12F2N2O. The monoisotopic (exact) mass is 262 g/mol. The van der Waals surface area contributed by atoms with E-state index in [1.165, 1.54) is 12.1 Å². The fourth-order valence-corrected chi connectivity index (χ4v) is 1.53. The molecule has 0 saturated carbocycles. The predicted molar refractivity (Wildman–Crippen MR) is 68.1 cm³/mol. The van der Waals surface area contributed by atoms with Crippen LogP contribution in [0.4, 0.5) is 8.78 Å². The highest BCUT2D eigenvalue weighted by atomic mass is 19.1. The van der Waals surface area contributed by atoms with Crippen molar-refractivity contribution in [1.29, 1.82) is 5.41 Å². The average molecular weight is 262 g/mol. The molecule has 0 unspecified atom stereocenters. The van der Waals surface area contributed by atoms with Crippen LogP contribution in [-0.2, 0) is 6.61 Å². The van der Waals surface area contributed by atoms with Crippen molar-refractivity contribution in [2.45, 2.75) is 6.61 Å². The van der Waals surface area contributed by atoms with E-state index in [9.17, 15) is 8.78 Å². The van der Waals surface area contributed by atoms with Crippen LogP contribution in [0.5, 0.6) is 5.75 Å². The summed E-state index contributed by atoms with van der Waals surface area (Å²) in [6, 6.07) is 9.89. The maximum atomic E-state index is 13.4. The number of nitrogens with two attached hydrogens (primary N) is 1. The smallest absolute Gasteiger partial charge is 0.132 e. The second kappa shape index (κ2) is 5.48. The van der Waals surface area contributed by atoms with Crippen molar-refractivity contribution < 1.29 is 13.5 Å². The van der Waals surface area contributed by atoms with Crippen LogP contribution in [-0.4, -0.2) is 5.84 Å². The molecule has 19 heavy (non-hydrogen) atoms. The minimum atomic E-state index is -0.639. The van der Waals surface area contributed by atoms with E-state index in [1.54, 1.807) is 24.3 Å². The number of halogens is 2. The standard InChI is InChI=1S/C14H12F2N2O/c15-11-4-1-10(13(16)7-11)8-19-12-5-2-9(3-6-12)14(17)18/h1-7H,8H2,(H3,17,18). The van der Waals surface area contributed by atoms with Crippen LogP contribution in [0.3, 0.4) is 0 Å². The van der Waals surface area contributed by atoms with Crippen molar-refractivity contribution in [3.05, 3.63) is 65.2 Å². The molecule has 0 atom stereocenters. The van der Waals surface area contributed by atoms with Gasteiger partial charge in [-0.15, -0.1) is 0 Å². The Hall–Kier alpha value is -2.43. The number of nitrogens with one attached hydrogen (secondary N) is 1. The molecule has 2 aromatic carbocycles. The minimum absolute atomic E-state index is 0.00549. The highest BCUT2D eigenvalue weighted by molar-refractivity contribution is 5.94. The quantitative estimate of drug-likeness (QED) is 0.657. The maximum absolute atomic E-state index is 13.4. The van der Waals surface area contributed by atoms with Crippen molar-refractivity contribution in [2.24, 2.45) is 5.73 Å². The number of amidine groups is 1. The van der Waals surface area contributed by atoms with Gasteiger partial charge in [-0.2, -0.15) is 0 Å². The van der Waals surface area contributed by atoms with Crippen LogP contribution < -0.4 is 10.5 Å². The Morgan fingerprint density at radius 3 is 2.37 bits per heavy atom. The lowest BCUT2D eigenvalue weighted by Gasteiger charge is -2.08. The molecule has 2 rings (SSSR count). The SMILES string of the molecule is N=C(N)c1ccc(OCc2ccc(F)cc2F)cc1. The molecule has 0 amide bonds. The Kier molecular flexibility index (Phi) is 3.75. The lowest BCUT2D eigenvalue weighted by Crippen LogP contribution is -2.10. The zero-order chi connectivity index (χ0) is 13.8. The molecule has 0 bridgehead atoms. The molecule has 0 aliphatic heterocycles. The number of benzene rings is 2. The number of hydrogen-bond acceptors (Lipinski definition) is 2. The van der Waals surface area contributed by atoms with Gasteiger partial charge in [-0.3, -0.25) is 5.41 Å². The molecule has 0 fully saturated rings. The Morgan fingerprint density at radius 2 is 1.79 bits per heavy atom. The lowest BCUT2D eigenvalue weighted by molar-refractivity contribution is 0.299. The van der Waals surface area contributed by atoms with Crippen molar-refractivity contribution in [2.75, 3.05) is 0 Å². The normalized spacial score (nSPS) is 10.2. The van der Waals surface area contributed by atoms with E-state index in [0.717, 1.165) is 6.07 Å². The van der Waals surface area contributed by atoms with Crippen molar-refractivity contribution in [3.8, 4) is 5.75 Å². The summed E-state index contributed by atoms with van der Waals surface area (Å²) in [6.45, 7) is 0.00549. The predicted octanol–water partition coefficient (Wildman–Crippen LogP) is 2.83. The summed E-state index contributed by atoms with van der Waals surface area (Å²) in [5.41, 5.74) is 6.18. The van der Waals surface area contributed by atoms with Gasteiger partial charge < -0.3 is 10.5 Å². The van der Waals surface area contributed by atoms with Gasteiger partial charge in [0, 0.05) is 17.2 Å². The molecule has 3 nitrogen and oxygen atoms in total. The van der Waals surface area contributed by atoms with Gasteiger partial charge >= 0.3 is 0 Å². The molecule has 0 spiro atoms. The summed E-state index contributed by atoms with van der Waals surface area (Å²) in [7, 11) is 0. The first-order valence-corrected chi connectivity index (χ1v) is 5.57. The molecule has 0 aliphatic rings. The van der Waals surface area contributed by atoms with E-state index in [0.29, 0.717) is 11.3 Å². The molecule has 3 N–H and O–H groups in total. The Morgan fingerprint density at radius 1 is 1.11 bits per heavy atom. The van der Waals surface area contributed by atoms with Gasteiger partial charge in [0.05, 0.1) is 0 Å². The van der Waals surface area contributed by atoms with Crippen LogP contribution in [0, 0.1) is 17.0 Å². The van der Waals surface area contributed by atoms with E-state index < -0.39 is 11.6 Å². The molecule has 2 aromatic rings.